The molecule has 2 aliphatic heterocycles. The number of benzene rings is 4. The molecule has 9 heteroatoms. The number of para-hydroxylation sites is 1. The summed E-state index contributed by atoms with van der Waals surface area (Å²) in [5, 5.41) is 6.34. The molecule has 0 atom stereocenters. The van der Waals surface area contributed by atoms with E-state index in [9.17, 15) is 13.2 Å². The first-order valence-corrected chi connectivity index (χ1v) is 14.5. The Hall–Kier alpha value is -4.60. The molecular weight excluding hydrogens is 524 g/mol. The molecular formula is C31H28N4O4S. The number of nitrogens with zero attached hydrogens (tertiary/aromatic N) is 1. The fourth-order valence-electron chi connectivity index (χ4n) is 4.89. The van der Waals surface area contributed by atoms with Gasteiger partial charge in [0.05, 0.1) is 29.4 Å². The summed E-state index contributed by atoms with van der Waals surface area (Å²) in [5.41, 5.74) is 5.19. The normalized spacial score (nSPS) is 16.2. The van der Waals surface area contributed by atoms with Gasteiger partial charge in [-0.3, -0.25) is 9.52 Å². The number of amides is 1. The number of rotatable bonds is 7. The first-order chi connectivity index (χ1) is 19.5. The number of anilines is 4. The lowest BCUT2D eigenvalue weighted by Gasteiger charge is -2.29. The molecule has 0 bridgehead atoms. The molecule has 0 aromatic heterocycles. The van der Waals surface area contributed by atoms with Gasteiger partial charge in [-0.15, -0.1) is 0 Å². The van der Waals surface area contributed by atoms with Gasteiger partial charge in [-0.05, 0) is 60.2 Å². The van der Waals surface area contributed by atoms with E-state index in [0.717, 1.165) is 30.0 Å². The molecule has 1 fully saturated rings. The van der Waals surface area contributed by atoms with Gasteiger partial charge < -0.3 is 20.3 Å². The highest BCUT2D eigenvalue weighted by Gasteiger charge is 2.30. The van der Waals surface area contributed by atoms with Crippen molar-refractivity contribution in [1.29, 1.82) is 0 Å². The van der Waals surface area contributed by atoms with Crippen molar-refractivity contribution in [3.63, 3.8) is 0 Å². The molecule has 202 valence electrons. The lowest BCUT2D eigenvalue weighted by atomic mass is 10.00. The summed E-state index contributed by atoms with van der Waals surface area (Å²) < 4.78 is 34.5. The fourth-order valence-corrected chi connectivity index (χ4v) is 5.97. The minimum Gasteiger partial charge on any atom is -0.378 e. The van der Waals surface area contributed by atoms with E-state index < -0.39 is 10.0 Å². The maximum Gasteiger partial charge on any atom is 0.261 e. The monoisotopic (exact) mass is 552 g/mol. The van der Waals surface area contributed by atoms with E-state index in [2.05, 4.69) is 20.3 Å². The number of ether oxygens (including phenoxy) is 1. The smallest absolute Gasteiger partial charge is 0.261 e. The molecule has 8 nitrogen and oxygen atoms in total. The van der Waals surface area contributed by atoms with Crippen LogP contribution in [0.4, 0.5) is 22.7 Å². The van der Waals surface area contributed by atoms with E-state index in [4.69, 9.17) is 4.74 Å². The third-order valence-corrected chi connectivity index (χ3v) is 8.28. The van der Waals surface area contributed by atoms with Crippen molar-refractivity contribution >= 4 is 50.0 Å². The van der Waals surface area contributed by atoms with Crippen LogP contribution in [0, 0.1) is 0 Å². The Balaban J connectivity index is 1.39. The zero-order valence-electron chi connectivity index (χ0n) is 21.6. The summed E-state index contributed by atoms with van der Waals surface area (Å²) >= 11 is 0. The quantitative estimate of drug-likeness (QED) is 0.271. The van der Waals surface area contributed by atoms with Crippen LogP contribution in [0.2, 0.25) is 0 Å². The number of carbonyl (C=O) groups is 1. The molecule has 4 aromatic carbocycles. The van der Waals surface area contributed by atoms with Gasteiger partial charge >= 0.3 is 0 Å². The van der Waals surface area contributed by atoms with Crippen LogP contribution in [0.3, 0.4) is 0 Å². The number of hydrogen-bond donors (Lipinski definition) is 3. The first-order valence-electron chi connectivity index (χ1n) is 13.0. The second-order valence-corrected chi connectivity index (χ2v) is 11.2. The van der Waals surface area contributed by atoms with E-state index in [0.29, 0.717) is 41.4 Å². The predicted octanol–water partition coefficient (Wildman–Crippen LogP) is 5.26. The number of hydrogen-bond acceptors (Lipinski definition) is 6. The van der Waals surface area contributed by atoms with E-state index in [1.54, 1.807) is 36.4 Å². The Kier molecular flexibility index (Phi) is 6.98. The molecule has 1 saturated heterocycles. The van der Waals surface area contributed by atoms with Crippen LogP contribution < -0.4 is 20.3 Å². The van der Waals surface area contributed by atoms with Crippen molar-refractivity contribution in [2.24, 2.45) is 0 Å². The molecule has 0 spiro atoms. The molecule has 1 amide bonds. The third kappa shape index (κ3) is 5.29. The highest BCUT2D eigenvalue weighted by Crippen LogP contribution is 2.39. The summed E-state index contributed by atoms with van der Waals surface area (Å²) in [6, 6.07) is 31.0. The lowest BCUT2D eigenvalue weighted by Crippen LogP contribution is -2.36. The largest absolute Gasteiger partial charge is 0.378 e. The van der Waals surface area contributed by atoms with Gasteiger partial charge in [-0.25, -0.2) is 8.42 Å². The Labute approximate surface area is 233 Å². The van der Waals surface area contributed by atoms with Gasteiger partial charge in [0, 0.05) is 41.4 Å². The summed E-state index contributed by atoms with van der Waals surface area (Å²) in [5.74, 6) is -0.308. The number of nitrogens with one attached hydrogen (secondary N) is 3. The Morgan fingerprint density at radius 2 is 1.48 bits per heavy atom. The minimum atomic E-state index is -3.89. The van der Waals surface area contributed by atoms with Crippen molar-refractivity contribution in [3.05, 3.63) is 114 Å². The average molecular weight is 553 g/mol. The zero-order chi connectivity index (χ0) is 27.5. The van der Waals surface area contributed by atoms with Gasteiger partial charge in [0.25, 0.3) is 15.9 Å². The Bertz CT molecular complexity index is 1670. The molecule has 2 aliphatic rings. The summed E-state index contributed by atoms with van der Waals surface area (Å²) in [4.78, 5) is 15.7. The average Bonchev–Trinajstić information content (AvgIpc) is 3.32. The van der Waals surface area contributed by atoms with Crippen LogP contribution in [0.5, 0.6) is 0 Å². The Morgan fingerprint density at radius 1 is 0.800 bits per heavy atom. The summed E-state index contributed by atoms with van der Waals surface area (Å²) in [7, 11) is -3.89. The third-order valence-electron chi connectivity index (χ3n) is 6.90. The molecule has 3 N–H and O–H groups in total. The highest BCUT2D eigenvalue weighted by molar-refractivity contribution is 7.92. The predicted molar refractivity (Wildman–Crippen MR) is 159 cm³/mol. The van der Waals surface area contributed by atoms with Crippen molar-refractivity contribution in [3.8, 4) is 0 Å². The van der Waals surface area contributed by atoms with Crippen molar-refractivity contribution in [2.75, 3.05) is 46.6 Å². The molecule has 2 heterocycles. The standard InChI is InChI=1S/C31H28N4O4S/c36-31-29(27-21-26(15-16-28(27)33-31)40(37,38)34-24-9-5-2-6-10-24)30(22-7-3-1-4-8-22)32-23-11-13-25(14-12-23)35-17-19-39-20-18-35/h1-16,21,32,34H,17-20H2,(H,33,36)/b30-29-. The highest BCUT2D eigenvalue weighted by atomic mass is 32.2. The van der Waals surface area contributed by atoms with Gasteiger partial charge in [-0.2, -0.15) is 0 Å². The maximum absolute atomic E-state index is 13.4. The van der Waals surface area contributed by atoms with Gasteiger partial charge in [0.2, 0.25) is 0 Å². The second kappa shape index (κ2) is 10.9. The number of morpholine rings is 1. The lowest BCUT2D eigenvalue weighted by molar-refractivity contribution is -0.110. The summed E-state index contributed by atoms with van der Waals surface area (Å²) in [6.07, 6.45) is 0. The van der Waals surface area contributed by atoms with E-state index in [1.165, 1.54) is 6.07 Å². The van der Waals surface area contributed by atoms with Gasteiger partial charge in [-0.1, -0.05) is 48.5 Å². The Morgan fingerprint density at radius 3 is 2.17 bits per heavy atom. The topological polar surface area (TPSA) is 99.8 Å². The van der Waals surface area contributed by atoms with Crippen LogP contribution in [0.1, 0.15) is 11.1 Å². The molecule has 0 unspecified atom stereocenters. The van der Waals surface area contributed by atoms with E-state index in [1.807, 2.05) is 60.7 Å². The second-order valence-electron chi connectivity index (χ2n) is 9.52. The number of fused-ring (bicyclic) bond motifs is 1. The van der Waals surface area contributed by atoms with Crippen LogP contribution >= 0.6 is 0 Å². The molecule has 0 aliphatic carbocycles. The maximum atomic E-state index is 13.4. The van der Waals surface area contributed by atoms with E-state index >= 15 is 0 Å². The van der Waals surface area contributed by atoms with Crippen molar-refractivity contribution in [1.82, 2.24) is 0 Å². The minimum absolute atomic E-state index is 0.0615. The molecule has 40 heavy (non-hydrogen) atoms. The van der Waals surface area contributed by atoms with Crippen LogP contribution in [-0.2, 0) is 19.6 Å². The van der Waals surface area contributed by atoms with E-state index in [-0.39, 0.29) is 10.8 Å². The van der Waals surface area contributed by atoms with Crippen LogP contribution in [-0.4, -0.2) is 40.6 Å². The zero-order valence-corrected chi connectivity index (χ0v) is 22.4. The van der Waals surface area contributed by atoms with Crippen molar-refractivity contribution in [2.45, 2.75) is 4.90 Å². The molecule has 4 aromatic rings. The van der Waals surface area contributed by atoms with Gasteiger partial charge in [0.1, 0.15) is 0 Å². The SMILES string of the molecule is O=C1Nc2ccc(S(=O)(=O)Nc3ccccc3)cc2/C1=C(/Nc1ccc(N2CCOCC2)cc1)c1ccccc1. The molecule has 0 radical (unpaired) electrons. The molecule has 0 saturated carbocycles. The number of carbonyl (C=O) groups excluding carboxylic acids is 1. The van der Waals surface area contributed by atoms with Crippen molar-refractivity contribution < 1.29 is 17.9 Å². The number of sulfonamides is 1. The fraction of sp³-hybridized carbons (Fsp3) is 0.129. The van der Waals surface area contributed by atoms with Crippen LogP contribution in [0.15, 0.2) is 108 Å². The summed E-state index contributed by atoms with van der Waals surface area (Å²) in [6.45, 7) is 3.09. The first kappa shape index (κ1) is 25.7. The van der Waals surface area contributed by atoms with Gasteiger partial charge in [0.15, 0.2) is 0 Å². The molecule has 6 rings (SSSR count). The van der Waals surface area contributed by atoms with Crippen LogP contribution in [0.25, 0.3) is 11.3 Å².